The minimum Gasteiger partial charge on any atom is -0.478 e. The summed E-state index contributed by atoms with van der Waals surface area (Å²) in [5, 5.41) is 12.1. The number of carbonyl (C=O) groups excluding carboxylic acids is 2. The summed E-state index contributed by atoms with van der Waals surface area (Å²) in [6.45, 7) is 12.3. The van der Waals surface area contributed by atoms with E-state index in [-0.39, 0.29) is 41.4 Å². The smallest absolute Gasteiger partial charge is 0.331 e. The predicted octanol–water partition coefficient (Wildman–Crippen LogP) is 2.66. The van der Waals surface area contributed by atoms with E-state index in [1.165, 1.54) is 6.92 Å². The Kier molecular flexibility index (Phi) is 9.83. The van der Waals surface area contributed by atoms with Crippen LogP contribution in [-0.2, 0) is 14.4 Å². The SMILES string of the molecule is CCC(C=C(C)C(=O)O)N(C)C(=O)[C@@H](NC(=O)C1CCCCN1C(C)C)C(C)C. The van der Waals surface area contributed by atoms with Crippen molar-refractivity contribution in [1.29, 1.82) is 0 Å². The summed E-state index contributed by atoms with van der Waals surface area (Å²) >= 11 is 0. The largest absolute Gasteiger partial charge is 0.478 e. The summed E-state index contributed by atoms with van der Waals surface area (Å²) in [5.41, 5.74) is 0.205. The van der Waals surface area contributed by atoms with E-state index in [0.29, 0.717) is 6.42 Å². The molecule has 166 valence electrons. The molecule has 2 unspecified atom stereocenters. The van der Waals surface area contributed by atoms with Crippen LogP contribution in [0, 0.1) is 5.92 Å². The molecular formula is C22H39N3O4. The van der Waals surface area contributed by atoms with Gasteiger partial charge in [-0.15, -0.1) is 0 Å². The lowest BCUT2D eigenvalue weighted by Crippen LogP contribution is -2.58. The third-order valence-electron chi connectivity index (χ3n) is 5.78. The standard InChI is InChI=1S/C22H39N3O4/c1-8-17(13-16(6)22(28)29)24(7)21(27)19(14(2)3)23-20(26)18-11-9-10-12-25(18)15(4)5/h13-15,17-19H,8-12H2,1-7H3,(H,23,26)(H,28,29)/t17?,18?,19-/m0/s1. The van der Waals surface area contributed by atoms with E-state index in [0.717, 1.165) is 25.8 Å². The molecule has 2 N–H and O–H groups in total. The van der Waals surface area contributed by atoms with E-state index in [1.54, 1.807) is 18.0 Å². The number of nitrogens with zero attached hydrogens (tertiary/aromatic N) is 2. The van der Waals surface area contributed by atoms with Crippen LogP contribution in [0.1, 0.15) is 67.2 Å². The first-order valence-corrected chi connectivity index (χ1v) is 10.8. The van der Waals surface area contributed by atoms with Crippen molar-refractivity contribution >= 4 is 17.8 Å². The van der Waals surface area contributed by atoms with E-state index in [1.807, 2.05) is 20.8 Å². The van der Waals surface area contributed by atoms with E-state index in [4.69, 9.17) is 5.11 Å². The highest BCUT2D eigenvalue weighted by atomic mass is 16.4. The molecule has 2 amide bonds. The van der Waals surface area contributed by atoms with E-state index < -0.39 is 12.0 Å². The van der Waals surface area contributed by atoms with Gasteiger partial charge in [-0.1, -0.05) is 33.3 Å². The van der Waals surface area contributed by atoms with Gasteiger partial charge in [0, 0.05) is 18.7 Å². The van der Waals surface area contributed by atoms with Gasteiger partial charge >= 0.3 is 5.97 Å². The summed E-state index contributed by atoms with van der Waals surface area (Å²) in [6.07, 6.45) is 5.09. The molecule has 0 aromatic heterocycles. The molecule has 1 heterocycles. The number of carboxylic acid groups (broad SMARTS) is 1. The molecule has 1 aliphatic rings. The molecule has 1 rings (SSSR count). The Morgan fingerprint density at radius 3 is 2.31 bits per heavy atom. The van der Waals surface area contributed by atoms with Gasteiger partial charge in [-0.2, -0.15) is 0 Å². The second-order valence-corrected chi connectivity index (χ2v) is 8.65. The topological polar surface area (TPSA) is 90.0 Å². The van der Waals surface area contributed by atoms with Crippen molar-refractivity contribution in [3.63, 3.8) is 0 Å². The van der Waals surface area contributed by atoms with Crippen LogP contribution in [0.15, 0.2) is 11.6 Å². The van der Waals surface area contributed by atoms with Gasteiger partial charge in [0.2, 0.25) is 11.8 Å². The minimum atomic E-state index is -0.996. The molecule has 0 aromatic carbocycles. The zero-order valence-electron chi connectivity index (χ0n) is 19.1. The number of piperidine rings is 1. The number of likely N-dealkylation sites (tertiary alicyclic amines) is 1. The number of rotatable bonds is 9. The predicted molar refractivity (Wildman–Crippen MR) is 114 cm³/mol. The molecule has 1 fully saturated rings. The molecule has 0 aromatic rings. The van der Waals surface area contributed by atoms with Crippen LogP contribution in [0.4, 0.5) is 0 Å². The van der Waals surface area contributed by atoms with Crippen molar-refractivity contribution < 1.29 is 19.5 Å². The summed E-state index contributed by atoms with van der Waals surface area (Å²) < 4.78 is 0. The zero-order valence-corrected chi connectivity index (χ0v) is 19.1. The Labute approximate surface area is 175 Å². The van der Waals surface area contributed by atoms with Crippen LogP contribution in [-0.4, -0.2) is 70.4 Å². The number of carbonyl (C=O) groups is 3. The van der Waals surface area contributed by atoms with Crippen molar-refractivity contribution in [1.82, 2.24) is 15.1 Å². The lowest BCUT2D eigenvalue weighted by Gasteiger charge is -2.39. The monoisotopic (exact) mass is 409 g/mol. The van der Waals surface area contributed by atoms with Gasteiger partial charge in [0.15, 0.2) is 0 Å². The number of aliphatic carboxylic acids is 1. The van der Waals surface area contributed by atoms with Gasteiger partial charge in [-0.25, -0.2) is 4.79 Å². The lowest BCUT2D eigenvalue weighted by atomic mass is 9.97. The summed E-state index contributed by atoms with van der Waals surface area (Å²) in [7, 11) is 1.67. The first-order chi connectivity index (χ1) is 13.5. The third kappa shape index (κ3) is 6.84. The Balaban J connectivity index is 2.97. The molecule has 0 aliphatic carbocycles. The van der Waals surface area contributed by atoms with Gasteiger partial charge in [0.25, 0.3) is 0 Å². The number of carboxylic acids is 1. The molecule has 0 radical (unpaired) electrons. The molecule has 0 spiro atoms. The van der Waals surface area contributed by atoms with Crippen LogP contribution in [0.2, 0.25) is 0 Å². The number of amides is 2. The minimum absolute atomic E-state index is 0.0768. The molecule has 29 heavy (non-hydrogen) atoms. The lowest BCUT2D eigenvalue weighted by molar-refractivity contribution is -0.140. The summed E-state index contributed by atoms with van der Waals surface area (Å²) in [4.78, 5) is 41.2. The number of hydrogen-bond donors (Lipinski definition) is 2. The van der Waals surface area contributed by atoms with Crippen LogP contribution < -0.4 is 5.32 Å². The molecule has 0 bridgehead atoms. The molecule has 1 saturated heterocycles. The maximum Gasteiger partial charge on any atom is 0.331 e. The highest BCUT2D eigenvalue weighted by Gasteiger charge is 2.35. The van der Waals surface area contributed by atoms with Gasteiger partial charge in [0.1, 0.15) is 6.04 Å². The quantitative estimate of drug-likeness (QED) is 0.572. The fraction of sp³-hybridized carbons (Fsp3) is 0.773. The average molecular weight is 410 g/mol. The van der Waals surface area contributed by atoms with Crippen molar-refractivity contribution in [3.05, 3.63) is 11.6 Å². The van der Waals surface area contributed by atoms with Crippen LogP contribution >= 0.6 is 0 Å². The van der Waals surface area contributed by atoms with Gasteiger partial charge < -0.3 is 15.3 Å². The van der Waals surface area contributed by atoms with Crippen LogP contribution in [0.25, 0.3) is 0 Å². The summed E-state index contributed by atoms with van der Waals surface area (Å²) in [5.74, 6) is -1.36. The fourth-order valence-electron chi connectivity index (χ4n) is 3.86. The van der Waals surface area contributed by atoms with Crippen LogP contribution in [0.5, 0.6) is 0 Å². The van der Waals surface area contributed by atoms with Gasteiger partial charge in [-0.05, 0) is 52.5 Å². The number of hydrogen-bond acceptors (Lipinski definition) is 4. The second-order valence-electron chi connectivity index (χ2n) is 8.65. The second kappa shape index (κ2) is 11.3. The highest BCUT2D eigenvalue weighted by molar-refractivity contribution is 5.90. The van der Waals surface area contributed by atoms with Crippen LogP contribution in [0.3, 0.4) is 0 Å². The molecule has 1 aliphatic heterocycles. The Bertz CT molecular complexity index is 615. The summed E-state index contributed by atoms with van der Waals surface area (Å²) in [6, 6.07) is -0.913. The Hall–Kier alpha value is -1.89. The highest BCUT2D eigenvalue weighted by Crippen LogP contribution is 2.21. The van der Waals surface area contributed by atoms with E-state index in [9.17, 15) is 14.4 Å². The Morgan fingerprint density at radius 1 is 1.21 bits per heavy atom. The average Bonchev–Trinajstić information content (AvgIpc) is 2.68. The van der Waals surface area contributed by atoms with Crippen molar-refractivity contribution in [2.75, 3.05) is 13.6 Å². The molecule has 7 heteroatoms. The van der Waals surface area contributed by atoms with Gasteiger partial charge in [0.05, 0.1) is 12.1 Å². The normalized spacial score (nSPS) is 20.4. The number of nitrogens with one attached hydrogen (secondary N) is 1. The maximum atomic E-state index is 13.2. The maximum absolute atomic E-state index is 13.2. The van der Waals surface area contributed by atoms with E-state index in [2.05, 4.69) is 24.1 Å². The van der Waals surface area contributed by atoms with E-state index >= 15 is 0 Å². The number of likely N-dealkylation sites (N-methyl/N-ethyl adjacent to an activating group) is 1. The first kappa shape index (κ1) is 25.1. The fourth-order valence-corrected chi connectivity index (χ4v) is 3.86. The first-order valence-electron chi connectivity index (χ1n) is 10.8. The molecule has 3 atom stereocenters. The van der Waals surface area contributed by atoms with Crippen molar-refractivity contribution in [2.45, 2.75) is 91.4 Å². The van der Waals surface area contributed by atoms with Crippen molar-refractivity contribution in [3.8, 4) is 0 Å². The molecular weight excluding hydrogens is 370 g/mol. The molecule has 7 nitrogen and oxygen atoms in total. The molecule has 0 saturated carbocycles. The van der Waals surface area contributed by atoms with Crippen molar-refractivity contribution in [2.24, 2.45) is 5.92 Å². The Morgan fingerprint density at radius 2 is 1.83 bits per heavy atom. The zero-order chi connectivity index (χ0) is 22.3. The third-order valence-corrected chi connectivity index (χ3v) is 5.78. The van der Waals surface area contributed by atoms with Gasteiger partial charge in [-0.3, -0.25) is 14.5 Å².